The molecule has 2 N–H and O–H groups in total. The van der Waals surface area contributed by atoms with Crippen LogP contribution < -0.4 is 5.73 Å². The smallest absolute Gasteiger partial charge is 0.465 e. The van der Waals surface area contributed by atoms with Crippen LogP contribution in [0.3, 0.4) is 0 Å². The lowest BCUT2D eigenvalue weighted by Gasteiger charge is -1.94. The van der Waals surface area contributed by atoms with E-state index >= 15 is 0 Å². The van der Waals surface area contributed by atoms with Gasteiger partial charge in [0.25, 0.3) is 0 Å². The van der Waals surface area contributed by atoms with Gasteiger partial charge in [-0.25, -0.2) is 4.79 Å². The molecule has 0 bridgehead atoms. The van der Waals surface area contributed by atoms with Crippen LogP contribution in [0.15, 0.2) is 0 Å². The maximum absolute atomic E-state index is 10.6. The van der Waals surface area contributed by atoms with Crippen molar-refractivity contribution in [3.05, 3.63) is 0 Å². The van der Waals surface area contributed by atoms with E-state index in [0.29, 0.717) is 0 Å². The van der Waals surface area contributed by atoms with Crippen molar-refractivity contribution in [3.63, 3.8) is 0 Å². The van der Waals surface area contributed by atoms with Gasteiger partial charge >= 0.3 is 19.8 Å². The highest BCUT2D eigenvalue weighted by Crippen LogP contribution is 2.24. The van der Waals surface area contributed by atoms with Gasteiger partial charge in [-0.2, -0.15) is 0 Å². The van der Waals surface area contributed by atoms with Crippen LogP contribution in [0.4, 0.5) is 0 Å². The number of carbonyl (C=O) groups excluding carboxylic acids is 1. The Kier molecular flexibility index (Phi) is 4.11. The molecule has 0 saturated heterocycles. The van der Waals surface area contributed by atoms with E-state index in [0.717, 1.165) is 0 Å². The van der Waals surface area contributed by atoms with Crippen LogP contribution in [0.25, 0.3) is 0 Å². The van der Waals surface area contributed by atoms with E-state index in [1.165, 1.54) is 14.2 Å². The van der Waals surface area contributed by atoms with Crippen LogP contribution in [0.2, 0.25) is 0 Å². The van der Waals surface area contributed by atoms with Gasteiger partial charge in [-0.1, -0.05) is 0 Å². The molecule has 0 amide bonds. The molecule has 0 saturated carbocycles. The number of hydrogen-bond donors (Lipinski definition) is 1. The molecule has 0 radical (unpaired) electrons. The lowest BCUT2D eigenvalue weighted by Crippen LogP contribution is -2.28. The summed E-state index contributed by atoms with van der Waals surface area (Å²) in [5, 5.41) is 0. The molecule has 2 unspecified atom stereocenters. The van der Waals surface area contributed by atoms with Gasteiger partial charge in [0.2, 0.25) is 0 Å². The van der Waals surface area contributed by atoms with E-state index in [9.17, 15) is 9.36 Å². The molecule has 6 heteroatoms. The van der Waals surface area contributed by atoms with Gasteiger partial charge in [-0.3, -0.25) is 5.73 Å². The molecule has 5 nitrogen and oxygen atoms in total. The fourth-order valence-corrected chi connectivity index (χ4v) is 0.825. The van der Waals surface area contributed by atoms with Crippen molar-refractivity contribution >= 4 is 14.0 Å². The SMILES string of the molecule is COC(=O)C(N)[P+](=O)OC. The molecule has 58 valence electrons. The van der Waals surface area contributed by atoms with Crippen LogP contribution in [0.5, 0.6) is 0 Å². The summed E-state index contributed by atoms with van der Waals surface area (Å²) < 4.78 is 19.1. The summed E-state index contributed by atoms with van der Waals surface area (Å²) in [5.74, 6) is -1.91. The molecule has 0 aliphatic carbocycles. The van der Waals surface area contributed by atoms with E-state index in [2.05, 4.69) is 9.26 Å². The van der Waals surface area contributed by atoms with Crippen molar-refractivity contribution in [3.8, 4) is 0 Å². The van der Waals surface area contributed by atoms with Crippen molar-refractivity contribution in [1.29, 1.82) is 0 Å². The van der Waals surface area contributed by atoms with Crippen LogP contribution in [-0.2, 0) is 18.6 Å². The summed E-state index contributed by atoms with van der Waals surface area (Å²) in [5.41, 5.74) is 5.10. The van der Waals surface area contributed by atoms with Crippen LogP contribution in [0, 0.1) is 0 Å². The molecule has 0 aromatic carbocycles. The molecular weight excluding hydrogens is 157 g/mol. The topological polar surface area (TPSA) is 78.6 Å². The highest BCUT2D eigenvalue weighted by atomic mass is 31.1. The van der Waals surface area contributed by atoms with Gasteiger partial charge in [0.15, 0.2) is 0 Å². The fraction of sp³-hybridized carbons (Fsp3) is 0.750. The Morgan fingerprint density at radius 1 is 1.60 bits per heavy atom. The second kappa shape index (κ2) is 4.33. The Morgan fingerprint density at radius 2 is 2.10 bits per heavy atom. The Labute approximate surface area is 59.4 Å². The molecule has 0 aliphatic rings. The van der Waals surface area contributed by atoms with E-state index in [1.54, 1.807) is 0 Å². The molecule has 0 fully saturated rings. The van der Waals surface area contributed by atoms with E-state index in [-0.39, 0.29) is 0 Å². The third kappa shape index (κ3) is 2.39. The first-order valence-corrected chi connectivity index (χ1v) is 3.72. The molecule has 0 rings (SSSR count). The number of hydrogen-bond acceptors (Lipinski definition) is 5. The normalized spacial score (nSPS) is 14.1. The second-order valence-corrected chi connectivity index (χ2v) is 2.93. The predicted molar refractivity (Wildman–Crippen MR) is 34.6 cm³/mol. The number of carbonyl (C=O) groups is 1. The van der Waals surface area contributed by atoms with Crippen molar-refractivity contribution < 1.29 is 18.6 Å². The summed E-state index contributed by atoms with van der Waals surface area (Å²) in [6.45, 7) is 0. The van der Waals surface area contributed by atoms with Gasteiger partial charge in [-0.05, 0) is 4.57 Å². The molecule has 0 aromatic heterocycles. The Bertz CT molecular complexity index is 132. The molecule has 0 heterocycles. The third-order valence-electron chi connectivity index (χ3n) is 0.850. The minimum absolute atomic E-state index is 0.733. The van der Waals surface area contributed by atoms with Crippen molar-refractivity contribution in [2.24, 2.45) is 5.73 Å². The first-order valence-electron chi connectivity index (χ1n) is 2.47. The minimum Gasteiger partial charge on any atom is -0.465 e. The third-order valence-corrected chi connectivity index (χ3v) is 1.87. The Hall–Kier alpha value is -0.510. The summed E-state index contributed by atoms with van der Waals surface area (Å²) in [4.78, 5) is 10.5. The van der Waals surface area contributed by atoms with Gasteiger partial charge in [-0.15, -0.1) is 4.52 Å². The molecule has 2 atom stereocenters. The quantitative estimate of drug-likeness (QED) is 0.465. The van der Waals surface area contributed by atoms with Gasteiger partial charge in [0.1, 0.15) is 0 Å². The second-order valence-electron chi connectivity index (χ2n) is 1.44. The number of rotatable bonds is 3. The number of methoxy groups -OCH3 is 1. The zero-order chi connectivity index (χ0) is 8.15. The van der Waals surface area contributed by atoms with Gasteiger partial charge in [0, 0.05) is 0 Å². The van der Waals surface area contributed by atoms with Crippen LogP contribution >= 0.6 is 8.03 Å². The van der Waals surface area contributed by atoms with Crippen molar-refractivity contribution in [2.75, 3.05) is 14.2 Å². The van der Waals surface area contributed by atoms with Gasteiger partial charge in [0.05, 0.1) is 14.2 Å². The lowest BCUT2D eigenvalue weighted by atomic mass is 10.7. The lowest BCUT2D eigenvalue weighted by molar-refractivity contribution is -0.140. The number of esters is 1. The maximum Gasteiger partial charge on any atom is 0.539 e. The van der Waals surface area contributed by atoms with Gasteiger partial charge < -0.3 is 4.74 Å². The molecule has 0 aromatic rings. The summed E-state index contributed by atoms with van der Waals surface area (Å²) in [7, 11) is 0.246. The summed E-state index contributed by atoms with van der Waals surface area (Å²) in [6, 6.07) is 0. The molecule has 10 heavy (non-hydrogen) atoms. The van der Waals surface area contributed by atoms with Crippen molar-refractivity contribution in [1.82, 2.24) is 0 Å². The maximum atomic E-state index is 10.6. The first kappa shape index (κ1) is 9.49. The number of ether oxygens (including phenoxy) is 1. The Morgan fingerprint density at radius 3 is 2.40 bits per heavy atom. The Balaban J connectivity index is 3.94. The molecule has 0 spiro atoms. The molecular formula is C4H9NO4P+. The standard InChI is InChI=1S/C4H9NO4P/c1-8-4(6)3(5)10(7)9-2/h3H,5H2,1-2H3/q+1. The highest BCUT2D eigenvalue weighted by Gasteiger charge is 2.35. The van der Waals surface area contributed by atoms with Crippen LogP contribution in [0.1, 0.15) is 0 Å². The average molecular weight is 166 g/mol. The van der Waals surface area contributed by atoms with E-state index in [4.69, 9.17) is 5.73 Å². The van der Waals surface area contributed by atoms with Crippen LogP contribution in [-0.4, -0.2) is 26.0 Å². The minimum atomic E-state index is -2.13. The predicted octanol–water partition coefficient (Wildman–Crippen LogP) is -0.167. The summed E-state index contributed by atoms with van der Waals surface area (Å²) >= 11 is 0. The first-order chi connectivity index (χ1) is 4.63. The largest absolute Gasteiger partial charge is 0.539 e. The average Bonchev–Trinajstić information content (AvgIpc) is 2.00. The zero-order valence-corrected chi connectivity index (χ0v) is 6.63. The number of nitrogens with two attached hydrogens (primary N) is 1. The summed E-state index contributed by atoms with van der Waals surface area (Å²) in [6.07, 6.45) is 0. The highest BCUT2D eigenvalue weighted by molar-refractivity contribution is 7.41. The fourth-order valence-electron chi connectivity index (χ4n) is 0.320. The molecule has 0 aliphatic heterocycles. The van der Waals surface area contributed by atoms with E-state index < -0.39 is 19.8 Å². The van der Waals surface area contributed by atoms with E-state index in [1.807, 2.05) is 0 Å². The van der Waals surface area contributed by atoms with Crippen molar-refractivity contribution in [2.45, 2.75) is 5.78 Å². The zero-order valence-electron chi connectivity index (χ0n) is 5.73. The monoisotopic (exact) mass is 166 g/mol.